The maximum Gasteiger partial charge on any atom is 0.347 e. The third-order valence-electron chi connectivity index (χ3n) is 4.64. The Hall–Kier alpha value is -3.11. The molecule has 0 radical (unpaired) electrons. The molecule has 0 N–H and O–H groups in total. The van der Waals surface area contributed by atoms with E-state index in [1.54, 1.807) is 12.1 Å². The fourth-order valence-corrected chi connectivity index (χ4v) is 3.64. The van der Waals surface area contributed by atoms with E-state index < -0.39 is 5.97 Å². The number of esters is 1. The predicted octanol–water partition coefficient (Wildman–Crippen LogP) is 6.71. The molecule has 0 amide bonds. The second-order valence-corrected chi connectivity index (χ2v) is 7.66. The van der Waals surface area contributed by atoms with Gasteiger partial charge in [-0.15, -0.1) is 0 Å². The van der Waals surface area contributed by atoms with Crippen molar-refractivity contribution in [3.05, 3.63) is 106 Å². The van der Waals surface area contributed by atoms with Gasteiger partial charge in [0.15, 0.2) is 0 Å². The lowest BCUT2D eigenvalue weighted by molar-refractivity contribution is 0.0729. The lowest BCUT2D eigenvalue weighted by Gasteiger charge is -2.17. The van der Waals surface area contributed by atoms with Gasteiger partial charge < -0.3 is 9.47 Å². The fraction of sp³-hybridized carbons (Fsp3) is 0.0800. The summed E-state index contributed by atoms with van der Waals surface area (Å²) >= 11 is 3.52. The highest BCUT2D eigenvalue weighted by molar-refractivity contribution is 9.10. The van der Waals surface area contributed by atoms with Crippen LogP contribution >= 0.6 is 15.9 Å². The zero-order chi connectivity index (χ0) is 20.2. The highest BCUT2D eigenvalue weighted by atomic mass is 79.9. The van der Waals surface area contributed by atoms with Gasteiger partial charge in [-0.3, -0.25) is 0 Å². The Bertz CT molecular complexity index is 1160. The molecule has 0 fully saturated rings. The Morgan fingerprint density at radius 1 is 0.897 bits per heavy atom. The van der Waals surface area contributed by atoms with Crippen LogP contribution in [0.15, 0.2) is 89.4 Å². The number of hydrogen-bond acceptors (Lipinski definition) is 3. The zero-order valence-electron chi connectivity index (χ0n) is 15.9. The quantitative estimate of drug-likeness (QED) is 0.252. The number of ether oxygens (including phenoxy) is 2. The minimum Gasteiger partial charge on any atom is -0.487 e. The largest absolute Gasteiger partial charge is 0.487 e. The number of para-hydroxylation sites is 1. The smallest absolute Gasteiger partial charge is 0.347 e. The number of rotatable bonds is 5. The van der Waals surface area contributed by atoms with Gasteiger partial charge in [-0.1, -0.05) is 70.5 Å². The topological polar surface area (TPSA) is 35.5 Å². The van der Waals surface area contributed by atoms with Crippen molar-refractivity contribution in [2.24, 2.45) is 0 Å². The summed E-state index contributed by atoms with van der Waals surface area (Å²) in [6.45, 7) is 2.26. The Morgan fingerprint density at radius 2 is 1.59 bits per heavy atom. The molecule has 144 valence electrons. The van der Waals surface area contributed by atoms with Crippen LogP contribution in [0.3, 0.4) is 0 Å². The SMILES string of the molecule is Cc1cc2cc(Br)ccc2c(OCc2ccccc2)c1C(=O)Oc1ccccc1. The molecule has 4 aromatic rings. The molecule has 0 atom stereocenters. The Labute approximate surface area is 178 Å². The van der Waals surface area contributed by atoms with Crippen LogP contribution in [0.4, 0.5) is 0 Å². The van der Waals surface area contributed by atoms with Gasteiger partial charge in [0.05, 0.1) is 0 Å². The molecule has 29 heavy (non-hydrogen) atoms. The van der Waals surface area contributed by atoms with Gasteiger partial charge >= 0.3 is 5.97 Å². The van der Waals surface area contributed by atoms with Crippen LogP contribution in [0.5, 0.6) is 11.5 Å². The molecule has 0 spiro atoms. The normalized spacial score (nSPS) is 10.7. The zero-order valence-corrected chi connectivity index (χ0v) is 17.5. The van der Waals surface area contributed by atoms with Crippen molar-refractivity contribution in [3.63, 3.8) is 0 Å². The second-order valence-electron chi connectivity index (χ2n) is 6.74. The molecule has 0 unspecified atom stereocenters. The first-order valence-electron chi connectivity index (χ1n) is 9.28. The first-order valence-corrected chi connectivity index (χ1v) is 10.1. The van der Waals surface area contributed by atoms with Gasteiger partial charge in [0.1, 0.15) is 23.7 Å². The molecular weight excluding hydrogens is 428 g/mol. The van der Waals surface area contributed by atoms with Crippen LogP contribution in [-0.2, 0) is 6.61 Å². The maximum absolute atomic E-state index is 13.1. The number of fused-ring (bicyclic) bond motifs is 1. The van der Waals surface area contributed by atoms with E-state index in [1.807, 2.05) is 79.7 Å². The molecule has 0 heterocycles. The number of halogens is 1. The van der Waals surface area contributed by atoms with E-state index in [0.717, 1.165) is 26.4 Å². The Morgan fingerprint density at radius 3 is 2.31 bits per heavy atom. The van der Waals surface area contributed by atoms with Crippen LogP contribution in [0.1, 0.15) is 21.5 Å². The number of carbonyl (C=O) groups excluding carboxylic acids is 1. The monoisotopic (exact) mass is 446 g/mol. The summed E-state index contributed by atoms with van der Waals surface area (Å²) in [4.78, 5) is 13.1. The molecule has 4 aromatic carbocycles. The number of carbonyl (C=O) groups is 1. The maximum atomic E-state index is 13.1. The second kappa shape index (κ2) is 8.50. The van der Waals surface area contributed by atoms with E-state index in [2.05, 4.69) is 15.9 Å². The van der Waals surface area contributed by atoms with E-state index >= 15 is 0 Å². The summed E-state index contributed by atoms with van der Waals surface area (Å²) in [6, 6.07) is 26.9. The van der Waals surface area contributed by atoms with Crippen molar-refractivity contribution in [1.82, 2.24) is 0 Å². The van der Waals surface area contributed by atoms with Crippen molar-refractivity contribution >= 4 is 32.7 Å². The molecule has 0 saturated heterocycles. The number of aryl methyl sites for hydroxylation is 1. The first-order chi connectivity index (χ1) is 14.1. The summed E-state index contributed by atoms with van der Waals surface area (Å²) in [5, 5.41) is 1.87. The van der Waals surface area contributed by atoms with Crippen molar-refractivity contribution in [2.75, 3.05) is 0 Å². The lowest BCUT2D eigenvalue weighted by atomic mass is 10.00. The molecule has 0 aliphatic rings. The van der Waals surface area contributed by atoms with Crippen molar-refractivity contribution in [3.8, 4) is 11.5 Å². The van der Waals surface area contributed by atoms with E-state index in [-0.39, 0.29) is 0 Å². The molecule has 0 saturated carbocycles. The van der Waals surface area contributed by atoms with Crippen LogP contribution in [0.25, 0.3) is 10.8 Å². The summed E-state index contributed by atoms with van der Waals surface area (Å²) in [5.41, 5.74) is 2.28. The minimum absolute atomic E-state index is 0.362. The number of benzene rings is 4. The van der Waals surface area contributed by atoms with Gasteiger partial charge in [-0.2, -0.15) is 0 Å². The molecule has 0 bridgehead atoms. The van der Waals surface area contributed by atoms with Crippen LogP contribution in [0, 0.1) is 6.92 Å². The van der Waals surface area contributed by atoms with Crippen LogP contribution in [0.2, 0.25) is 0 Å². The molecule has 4 heteroatoms. The van der Waals surface area contributed by atoms with E-state index in [0.29, 0.717) is 23.7 Å². The van der Waals surface area contributed by atoms with E-state index in [9.17, 15) is 4.79 Å². The minimum atomic E-state index is -0.429. The fourth-order valence-electron chi connectivity index (χ4n) is 3.26. The molecular formula is C25H19BrO3. The molecule has 0 aromatic heterocycles. The third kappa shape index (κ3) is 4.33. The van der Waals surface area contributed by atoms with Crippen molar-refractivity contribution < 1.29 is 14.3 Å². The molecule has 0 aliphatic carbocycles. The summed E-state index contributed by atoms with van der Waals surface area (Å²) in [6.07, 6.45) is 0. The molecule has 4 rings (SSSR count). The third-order valence-corrected chi connectivity index (χ3v) is 5.13. The van der Waals surface area contributed by atoms with Gasteiger partial charge in [0.25, 0.3) is 0 Å². The van der Waals surface area contributed by atoms with Gasteiger partial charge in [-0.05, 0) is 53.8 Å². The highest BCUT2D eigenvalue weighted by Gasteiger charge is 2.21. The van der Waals surface area contributed by atoms with Gasteiger partial charge in [0.2, 0.25) is 0 Å². The number of hydrogen-bond donors (Lipinski definition) is 0. The Balaban J connectivity index is 1.78. The van der Waals surface area contributed by atoms with E-state index in [1.165, 1.54) is 0 Å². The lowest BCUT2D eigenvalue weighted by Crippen LogP contribution is -2.13. The predicted molar refractivity (Wildman–Crippen MR) is 119 cm³/mol. The van der Waals surface area contributed by atoms with Crippen molar-refractivity contribution in [2.45, 2.75) is 13.5 Å². The first kappa shape index (κ1) is 19.2. The van der Waals surface area contributed by atoms with Crippen LogP contribution in [-0.4, -0.2) is 5.97 Å². The summed E-state index contributed by atoms with van der Waals surface area (Å²) < 4.78 is 12.8. The summed E-state index contributed by atoms with van der Waals surface area (Å²) in [5.74, 6) is 0.612. The Kier molecular flexibility index (Phi) is 5.63. The average Bonchev–Trinajstić information content (AvgIpc) is 2.73. The highest BCUT2D eigenvalue weighted by Crippen LogP contribution is 2.35. The van der Waals surface area contributed by atoms with Crippen LogP contribution < -0.4 is 9.47 Å². The van der Waals surface area contributed by atoms with Gasteiger partial charge in [-0.25, -0.2) is 4.79 Å². The molecule has 3 nitrogen and oxygen atoms in total. The van der Waals surface area contributed by atoms with E-state index in [4.69, 9.17) is 9.47 Å². The average molecular weight is 447 g/mol. The molecule has 0 aliphatic heterocycles. The standard InChI is InChI=1S/C25H19BrO3/c1-17-14-19-15-20(26)12-13-22(19)24(28-16-18-8-4-2-5-9-18)23(17)25(27)29-21-10-6-3-7-11-21/h2-15H,16H2,1H3. The van der Waals surface area contributed by atoms with Crippen molar-refractivity contribution in [1.29, 1.82) is 0 Å². The summed E-state index contributed by atoms with van der Waals surface area (Å²) in [7, 11) is 0. The van der Waals surface area contributed by atoms with Gasteiger partial charge in [0, 0.05) is 9.86 Å².